The third-order valence-electron chi connectivity index (χ3n) is 5.15. The third kappa shape index (κ3) is 6.54. The summed E-state index contributed by atoms with van der Waals surface area (Å²) in [6.45, 7) is 7.60. The Labute approximate surface area is 172 Å². The molecule has 1 aliphatic heterocycles. The summed E-state index contributed by atoms with van der Waals surface area (Å²) >= 11 is 0. The van der Waals surface area contributed by atoms with E-state index in [9.17, 15) is 9.59 Å². The van der Waals surface area contributed by atoms with Crippen LogP contribution in [0.15, 0.2) is 42.5 Å². The van der Waals surface area contributed by atoms with Gasteiger partial charge in [-0.1, -0.05) is 42.5 Å². The number of carbonyl (C=O) groups excluding carboxylic acids is 2. The molecule has 29 heavy (non-hydrogen) atoms. The second-order valence-corrected chi connectivity index (χ2v) is 7.81. The number of hydrogen-bond donors (Lipinski definition) is 2. The Kier molecular flexibility index (Phi) is 7.61. The number of benzene rings is 2. The highest BCUT2D eigenvalue weighted by Crippen LogP contribution is 2.18. The van der Waals surface area contributed by atoms with Gasteiger partial charge in [-0.25, -0.2) is 0 Å². The number of hydrogen-bond acceptors (Lipinski definition) is 4. The van der Waals surface area contributed by atoms with Crippen LogP contribution in [-0.4, -0.2) is 61.6 Å². The first-order valence-electron chi connectivity index (χ1n) is 10.4. The highest BCUT2D eigenvalue weighted by atomic mass is 16.5. The highest BCUT2D eigenvalue weighted by molar-refractivity contribution is 5.91. The Morgan fingerprint density at radius 1 is 1.00 bits per heavy atom. The molecule has 2 amide bonds. The van der Waals surface area contributed by atoms with Crippen LogP contribution in [0.25, 0.3) is 10.8 Å². The van der Waals surface area contributed by atoms with Crippen LogP contribution in [0.4, 0.5) is 0 Å². The fraction of sp³-hybridized carbons (Fsp3) is 0.478. The van der Waals surface area contributed by atoms with Gasteiger partial charge in [-0.2, -0.15) is 0 Å². The van der Waals surface area contributed by atoms with Gasteiger partial charge in [0.15, 0.2) is 0 Å². The van der Waals surface area contributed by atoms with E-state index in [1.165, 1.54) is 0 Å². The van der Waals surface area contributed by atoms with Crippen LogP contribution < -0.4 is 10.6 Å². The van der Waals surface area contributed by atoms with Crippen molar-refractivity contribution in [2.45, 2.75) is 38.9 Å². The van der Waals surface area contributed by atoms with E-state index in [0.29, 0.717) is 6.54 Å². The zero-order chi connectivity index (χ0) is 20.6. The number of nitrogens with zero attached hydrogens (tertiary/aromatic N) is 1. The van der Waals surface area contributed by atoms with Crippen molar-refractivity contribution in [2.24, 2.45) is 0 Å². The van der Waals surface area contributed by atoms with Crippen molar-refractivity contribution in [3.63, 3.8) is 0 Å². The largest absolute Gasteiger partial charge is 0.373 e. The smallest absolute Gasteiger partial charge is 0.239 e. The maximum Gasteiger partial charge on any atom is 0.239 e. The summed E-state index contributed by atoms with van der Waals surface area (Å²) in [5, 5.41) is 7.78. The van der Waals surface area contributed by atoms with Crippen LogP contribution in [0.2, 0.25) is 0 Å². The number of rotatable bonds is 8. The molecule has 3 rings (SSSR count). The van der Waals surface area contributed by atoms with Crippen molar-refractivity contribution in [3.8, 4) is 0 Å². The fourth-order valence-electron chi connectivity index (χ4n) is 3.92. The third-order valence-corrected chi connectivity index (χ3v) is 5.15. The van der Waals surface area contributed by atoms with Gasteiger partial charge >= 0.3 is 0 Å². The van der Waals surface area contributed by atoms with Crippen molar-refractivity contribution in [1.29, 1.82) is 0 Å². The van der Waals surface area contributed by atoms with E-state index in [1.807, 2.05) is 42.5 Å². The van der Waals surface area contributed by atoms with Gasteiger partial charge in [-0.15, -0.1) is 0 Å². The van der Waals surface area contributed by atoms with Crippen LogP contribution >= 0.6 is 0 Å². The summed E-state index contributed by atoms with van der Waals surface area (Å²) in [6.07, 6.45) is 1.66. The number of carbonyl (C=O) groups is 2. The number of morpholine rings is 1. The van der Waals surface area contributed by atoms with Gasteiger partial charge in [0.2, 0.25) is 11.8 Å². The van der Waals surface area contributed by atoms with E-state index in [0.717, 1.165) is 42.4 Å². The second-order valence-electron chi connectivity index (χ2n) is 7.81. The van der Waals surface area contributed by atoms with E-state index in [4.69, 9.17) is 4.74 Å². The van der Waals surface area contributed by atoms with Crippen molar-refractivity contribution < 1.29 is 14.3 Å². The lowest BCUT2D eigenvalue weighted by atomic mass is 10.0. The summed E-state index contributed by atoms with van der Waals surface area (Å²) in [5.41, 5.74) is 0.968. The van der Waals surface area contributed by atoms with Gasteiger partial charge in [-0.3, -0.25) is 14.5 Å². The summed E-state index contributed by atoms with van der Waals surface area (Å²) in [4.78, 5) is 26.6. The Morgan fingerprint density at radius 3 is 2.52 bits per heavy atom. The summed E-state index contributed by atoms with van der Waals surface area (Å²) in [6, 6.07) is 13.9. The van der Waals surface area contributed by atoms with E-state index in [2.05, 4.69) is 29.4 Å². The van der Waals surface area contributed by atoms with Gasteiger partial charge < -0.3 is 15.4 Å². The number of amides is 2. The van der Waals surface area contributed by atoms with Gasteiger partial charge in [0.05, 0.1) is 25.2 Å². The zero-order valence-electron chi connectivity index (χ0n) is 17.3. The molecule has 2 aromatic rings. The summed E-state index contributed by atoms with van der Waals surface area (Å²) < 4.78 is 5.73. The first kappa shape index (κ1) is 21.3. The lowest BCUT2D eigenvalue weighted by Crippen LogP contribution is -2.46. The second kappa shape index (κ2) is 10.4. The molecule has 6 heteroatoms. The van der Waals surface area contributed by atoms with Gasteiger partial charge in [-0.05, 0) is 36.6 Å². The molecule has 1 saturated heterocycles. The Bertz CT molecular complexity index is 824. The van der Waals surface area contributed by atoms with Gasteiger partial charge in [0, 0.05) is 26.2 Å². The molecule has 2 N–H and O–H groups in total. The van der Waals surface area contributed by atoms with E-state index in [-0.39, 0.29) is 37.0 Å². The van der Waals surface area contributed by atoms with Crippen molar-refractivity contribution >= 4 is 22.6 Å². The topological polar surface area (TPSA) is 70.7 Å². The molecule has 1 aliphatic rings. The lowest BCUT2D eigenvalue weighted by molar-refractivity contribution is -0.125. The fourth-order valence-corrected chi connectivity index (χ4v) is 3.92. The molecule has 2 atom stereocenters. The quantitative estimate of drug-likeness (QED) is 0.670. The van der Waals surface area contributed by atoms with E-state index in [1.54, 1.807) is 0 Å². The minimum absolute atomic E-state index is 0.00915. The molecular formula is C23H31N3O3. The average molecular weight is 398 g/mol. The molecule has 0 aromatic heterocycles. The zero-order valence-corrected chi connectivity index (χ0v) is 17.3. The highest BCUT2D eigenvalue weighted by Gasteiger charge is 2.21. The number of ether oxygens (including phenoxy) is 1. The molecule has 0 bridgehead atoms. The molecule has 0 radical (unpaired) electrons. The van der Waals surface area contributed by atoms with Crippen LogP contribution in [-0.2, 0) is 20.7 Å². The van der Waals surface area contributed by atoms with Crippen LogP contribution in [0.1, 0.15) is 25.8 Å². The Balaban J connectivity index is 1.34. The maximum atomic E-state index is 12.2. The monoisotopic (exact) mass is 397 g/mol. The first-order chi connectivity index (χ1) is 14.0. The van der Waals surface area contributed by atoms with Gasteiger partial charge in [0.1, 0.15) is 0 Å². The number of fused-ring (bicyclic) bond motifs is 1. The average Bonchev–Trinajstić information content (AvgIpc) is 2.69. The van der Waals surface area contributed by atoms with Crippen LogP contribution in [0.3, 0.4) is 0 Å². The van der Waals surface area contributed by atoms with E-state index < -0.39 is 0 Å². The molecule has 1 fully saturated rings. The molecule has 2 aromatic carbocycles. The van der Waals surface area contributed by atoms with Crippen LogP contribution in [0, 0.1) is 0 Å². The molecule has 0 aliphatic carbocycles. The number of nitrogens with one attached hydrogen (secondary N) is 2. The predicted molar refractivity (Wildman–Crippen MR) is 115 cm³/mol. The van der Waals surface area contributed by atoms with Crippen LogP contribution in [0.5, 0.6) is 0 Å². The molecule has 0 spiro atoms. The van der Waals surface area contributed by atoms with Crippen molar-refractivity contribution in [2.75, 3.05) is 32.7 Å². The molecular weight excluding hydrogens is 366 g/mol. The minimum atomic E-state index is -0.153. The molecule has 6 nitrogen and oxygen atoms in total. The Morgan fingerprint density at radius 2 is 1.72 bits per heavy atom. The summed E-state index contributed by atoms with van der Waals surface area (Å²) in [7, 11) is 0. The minimum Gasteiger partial charge on any atom is -0.373 e. The molecule has 0 saturated carbocycles. The normalized spacial score (nSPS) is 19.8. The Hall–Kier alpha value is -2.44. The molecule has 1 heterocycles. The predicted octanol–water partition coefficient (Wildman–Crippen LogP) is 2.11. The molecule has 2 unspecified atom stereocenters. The van der Waals surface area contributed by atoms with Gasteiger partial charge in [0.25, 0.3) is 0 Å². The van der Waals surface area contributed by atoms with E-state index >= 15 is 0 Å². The molecule has 156 valence electrons. The lowest BCUT2D eigenvalue weighted by Gasteiger charge is -2.35. The van der Waals surface area contributed by atoms with Crippen molar-refractivity contribution in [3.05, 3.63) is 48.0 Å². The maximum absolute atomic E-state index is 12.2. The SMILES string of the molecule is CC1CN(CCCNC(=O)CNC(=O)Cc2cccc3ccccc23)CC(C)O1. The first-order valence-corrected chi connectivity index (χ1v) is 10.4. The van der Waals surface area contributed by atoms with Crippen molar-refractivity contribution in [1.82, 2.24) is 15.5 Å². The standard InChI is InChI=1S/C23H31N3O3/c1-17-15-26(16-18(2)29-17)12-6-11-24-23(28)14-25-22(27)13-20-9-5-8-19-7-3-4-10-21(19)20/h3-5,7-10,17-18H,6,11-16H2,1-2H3,(H,24,28)(H,25,27). The summed E-state index contributed by atoms with van der Waals surface area (Å²) in [5.74, 6) is -0.298.